The molecule has 0 saturated carbocycles. The number of rotatable bonds is 2. The van der Waals surface area contributed by atoms with Crippen molar-refractivity contribution in [3.63, 3.8) is 0 Å². The number of nitrogens with one attached hydrogen (secondary N) is 2. The number of amides is 3. The van der Waals surface area contributed by atoms with E-state index in [0.29, 0.717) is 71.3 Å². The zero-order chi connectivity index (χ0) is 24.9. The van der Waals surface area contributed by atoms with Crippen LogP contribution in [0.25, 0.3) is 22.4 Å². The van der Waals surface area contributed by atoms with Gasteiger partial charge in [0, 0.05) is 54.4 Å². The Hall–Kier alpha value is -3.59. The second kappa shape index (κ2) is 8.57. The number of hydrogen-bond donors (Lipinski definition) is 2. The van der Waals surface area contributed by atoms with Crippen molar-refractivity contribution in [2.24, 2.45) is 0 Å². The van der Waals surface area contributed by atoms with Gasteiger partial charge in [-0.2, -0.15) is 0 Å². The highest BCUT2D eigenvalue weighted by molar-refractivity contribution is 6.32. The van der Waals surface area contributed by atoms with Crippen molar-refractivity contribution in [3.8, 4) is 11.4 Å². The van der Waals surface area contributed by atoms with E-state index in [2.05, 4.69) is 15.3 Å². The second-order valence-corrected chi connectivity index (χ2v) is 10.1. The fraction of sp³-hybridized carbons (Fsp3) is 0.360. The molecule has 5 rings (SSSR count). The summed E-state index contributed by atoms with van der Waals surface area (Å²) in [5, 5.41) is 3.34. The van der Waals surface area contributed by atoms with E-state index in [1.807, 2.05) is 20.8 Å². The molecule has 0 radical (unpaired) electrons. The van der Waals surface area contributed by atoms with Crippen LogP contribution in [-0.2, 0) is 11.3 Å². The maximum atomic E-state index is 13.1. The van der Waals surface area contributed by atoms with Gasteiger partial charge in [0.1, 0.15) is 11.4 Å². The minimum Gasteiger partial charge on any atom is -0.444 e. The Kier molecular flexibility index (Phi) is 5.67. The summed E-state index contributed by atoms with van der Waals surface area (Å²) in [4.78, 5) is 49.1. The number of aromatic amines is 1. The van der Waals surface area contributed by atoms with Crippen LogP contribution in [-0.4, -0.2) is 69.5 Å². The number of nitrogens with zero attached hydrogens (tertiary/aromatic N) is 3. The van der Waals surface area contributed by atoms with E-state index >= 15 is 0 Å². The second-order valence-electron chi connectivity index (χ2n) is 9.71. The van der Waals surface area contributed by atoms with E-state index in [4.69, 9.17) is 16.3 Å². The maximum Gasteiger partial charge on any atom is 0.410 e. The maximum absolute atomic E-state index is 13.1. The zero-order valence-electron chi connectivity index (χ0n) is 19.8. The van der Waals surface area contributed by atoms with Gasteiger partial charge in [0.25, 0.3) is 11.8 Å². The Labute approximate surface area is 207 Å². The number of carbonyl (C=O) groups is 3. The predicted octanol–water partition coefficient (Wildman–Crippen LogP) is 3.82. The first-order valence-corrected chi connectivity index (χ1v) is 11.9. The molecule has 2 aromatic carbocycles. The molecular weight excluding hydrogens is 470 g/mol. The first-order valence-electron chi connectivity index (χ1n) is 11.5. The van der Waals surface area contributed by atoms with Crippen molar-refractivity contribution in [3.05, 3.63) is 52.0 Å². The number of piperazine rings is 1. The number of hydrogen-bond acceptors (Lipinski definition) is 5. The van der Waals surface area contributed by atoms with E-state index < -0.39 is 5.60 Å². The minimum absolute atomic E-state index is 0.112. The van der Waals surface area contributed by atoms with Gasteiger partial charge in [-0.05, 0) is 51.1 Å². The standard InChI is InChI=1S/C25H26ClN5O4/c1-25(2,3)35-24(34)31-10-8-30(9-11-31)23(33)14-4-7-18-19(12-14)29-21(28-18)15-5-6-17(26)16-13-27-22(32)20(15)16/h4-7,12H,8-11,13H2,1-3H3,(H,27,32)(H,28,29). The number of aromatic nitrogens is 2. The third kappa shape index (κ3) is 4.43. The quantitative estimate of drug-likeness (QED) is 0.562. The van der Waals surface area contributed by atoms with Crippen LogP contribution >= 0.6 is 11.6 Å². The molecule has 1 saturated heterocycles. The molecule has 1 fully saturated rings. The number of ether oxygens (including phenoxy) is 1. The molecule has 0 spiro atoms. The SMILES string of the molecule is CC(C)(C)OC(=O)N1CCN(C(=O)c2ccc3nc(-c4ccc(Cl)c5c4C(=O)NC5)[nH]c3c2)CC1. The average molecular weight is 496 g/mol. The van der Waals surface area contributed by atoms with Crippen LogP contribution in [0.3, 0.4) is 0 Å². The summed E-state index contributed by atoms with van der Waals surface area (Å²) < 4.78 is 5.43. The van der Waals surface area contributed by atoms with Gasteiger partial charge in [-0.25, -0.2) is 9.78 Å². The Morgan fingerprint density at radius 2 is 1.77 bits per heavy atom. The molecule has 10 heteroatoms. The zero-order valence-corrected chi connectivity index (χ0v) is 20.5. The number of fused-ring (bicyclic) bond motifs is 2. The number of halogens is 1. The summed E-state index contributed by atoms with van der Waals surface area (Å²) in [6.07, 6.45) is -0.363. The Bertz CT molecular complexity index is 1350. The van der Waals surface area contributed by atoms with Gasteiger partial charge in [-0.1, -0.05) is 11.6 Å². The summed E-state index contributed by atoms with van der Waals surface area (Å²) in [7, 11) is 0. The lowest BCUT2D eigenvalue weighted by Crippen LogP contribution is -2.51. The number of carbonyl (C=O) groups excluding carboxylic acids is 3. The lowest BCUT2D eigenvalue weighted by atomic mass is 10.0. The summed E-state index contributed by atoms with van der Waals surface area (Å²) in [6, 6.07) is 8.84. The van der Waals surface area contributed by atoms with E-state index in [9.17, 15) is 14.4 Å². The molecule has 0 atom stereocenters. The van der Waals surface area contributed by atoms with Crippen molar-refractivity contribution < 1.29 is 19.1 Å². The fourth-order valence-corrected chi connectivity index (χ4v) is 4.60. The van der Waals surface area contributed by atoms with E-state index in [1.54, 1.807) is 40.1 Å². The summed E-state index contributed by atoms with van der Waals surface area (Å²) >= 11 is 6.26. The molecule has 2 aliphatic heterocycles. The topological polar surface area (TPSA) is 108 Å². The Morgan fingerprint density at radius 1 is 1.06 bits per heavy atom. The largest absolute Gasteiger partial charge is 0.444 e. The van der Waals surface area contributed by atoms with E-state index in [0.717, 1.165) is 5.56 Å². The molecule has 35 heavy (non-hydrogen) atoms. The Morgan fingerprint density at radius 3 is 2.49 bits per heavy atom. The van der Waals surface area contributed by atoms with Gasteiger partial charge in [0.2, 0.25) is 0 Å². The molecular formula is C25H26ClN5O4. The van der Waals surface area contributed by atoms with Crippen LogP contribution in [0.1, 0.15) is 47.1 Å². The highest BCUT2D eigenvalue weighted by Crippen LogP contribution is 2.33. The molecule has 3 heterocycles. The molecule has 3 aromatic rings. The van der Waals surface area contributed by atoms with Crippen LogP contribution in [0.4, 0.5) is 4.79 Å². The summed E-state index contributed by atoms with van der Waals surface area (Å²) in [5.74, 6) is 0.249. The van der Waals surface area contributed by atoms with E-state index in [-0.39, 0.29) is 17.9 Å². The third-order valence-electron chi connectivity index (χ3n) is 6.11. The monoisotopic (exact) mass is 495 g/mol. The van der Waals surface area contributed by atoms with Gasteiger partial charge >= 0.3 is 6.09 Å². The number of benzene rings is 2. The highest BCUT2D eigenvalue weighted by Gasteiger charge is 2.29. The summed E-state index contributed by atoms with van der Waals surface area (Å²) in [5.41, 5.74) is 3.30. The smallest absolute Gasteiger partial charge is 0.410 e. The molecule has 3 amide bonds. The first kappa shape index (κ1) is 23.2. The van der Waals surface area contributed by atoms with Gasteiger partial charge in [0.15, 0.2) is 0 Å². The van der Waals surface area contributed by atoms with Crippen molar-refractivity contribution in [1.29, 1.82) is 0 Å². The molecule has 0 aliphatic carbocycles. The Balaban J connectivity index is 1.34. The van der Waals surface area contributed by atoms with Crippen LogP contribution in [0.5, 0.6) is 0 Å². The van der Waals surface area contributed by atoms with E-state index in [1.165, 1.54) is 0 Å². The fourth-order valence-electron chi connectivity index (χ4n) is 4.38. The molecule has 182 valence electrons. The lowest BCUT2D eigenvalue weighted by Gasteiger charge is -2.35. The number of H-pyrrole nitrogens is 1. The first-order chi connectivity index (χ1) is 16.6. The van der Waals surface area contributed by atoms with Crippen LogP contribution in [0.15, 0.2) is 30.3 Å². The molecule has 9 nitrogen and oxygen atoms in total. The average Bonchev–Trinajstić information content (AvgIpc) is 3.42. The van der Waals surface area contributed by atoms with Crippen molar-refractivity contribution >= 4 is 40.5 Å². The minimum atomic E-state index is -0.557. The molecule has 2 aliphatic rings. The van der Waals surface area contributed by atoms with Crippen molar-refractivity contribution in [2.45, 2.75) is 32.9 Å². The van der Waals surface area contributed by atoms with Gasteiger partial charge in [-0.15, -0.1) is 0 Å². The van der Waals surface area contributed by atoms with Crippen molar-refractivity contribution in [1.82, 2.24) is 25.1 Å². The molecule has 0 bridgehead atoms. The molecule has 0 unspecified atom stereocenters. The summed E-state index contributed by atoms with van der Waals surface area (Å²) in [6.45, 7) is 7.57. The van der Waals surface area contributed by atoms with Gasteiger partial charge in [0.05, 0.1) is 16.6 Å². The normalized spacial score (nSPS) is 15.8. The number of imidazole rings is 1. The van der Waals surface area contributed by atoms with Gasteiger partial charge in [-0.3, -0.25) is 9.59 Å². The third-order valence-corrected chi connectivity index (χ3v) is 6.47. The van der Waals surface area contributed by atoms with Crippen LogP contribution in [0, 0.1) is 0 Å². The predicted molar refractivity (Wildman–Crippen MR) is 131 cm³/mol. The van der Waals surface area contributed by atoms with Crippen LogP contribution < -0.4 is 5.32 Å². The molecule has 1 aromatic heterocycles. The van der Waals surface area contributed by atoms with Crippen molar-refractivity contribution in [2.75, 3.05) is 26.2 Å². The lowest BCUT2D eigenvalue weighted by molar-refractivity contribution is 0.0141. The van der Waals surface area contributed by atoms with Gasteiger partial charge < -0.3 is 24.8 Å². The highest BCUT2D eigenvalue weighted by atomic mass is 35.5. The molecule has 2 N–H and O–H groups in total. The van der Waals surface area contributed by atoms with Crippen LogP contribution in [0.2, 0.25) is 5.02 Å².